The number of nitrogens with one attached hydrogen (secondary N) is 1. The Labute approximate surface area is 123 Å². The van der Waals surface area contributed by atoms with Crippen molar-refractivity contribution in [1.82, 2.24) is 5.32 Å². The molecule has 1 aromatic carbocycles. The van der Waals surface area contributed by atoms with Crippen LogP contribution < -0.4 is 10.2 Å². The molecule has 18 heavy (non-hydrogen) atoms. The first-order valence-electron chi connectivity index (χ1n) is 6.49. The summed E-state index contributed by atoms with van der Waals surface area (Å²) in [4.78, 5) is 2.43. The summed E-state index contributed by atoms with van der Waals surface area (Å²) in [6.07, 6.45) is 1.22. The second-order valence-electron chi connectivity index (χ2n) is 5.32. The van der Waals surface area contributed by atoms with Crippen molar-refractivity contribution in [1.29, 1.82) is 0 Å². The molecule has 0 aromatic heterocycles. The third kappa shape index (κ3) is 3.62. The van der Waals surface area contributed by atoms with Crippen LogP contribution in [-0.2, 0) is 0 Å². The first-order chi connectivity index (χ1) is 8.56. The highest BCUT2D eigenvalue weighted by Crippen LogP contribution is 2.30. The van der Waals surface area contributed by atoms with Crippen molar-refractivity contribution in [2.45, 2.75) is 26.3 Å². The van der Waals surface area contributed by atoms with E-state index in [9.17, 15) is 0 Å². The predicted octanol–water partition coefficient (Wildman–Crippen LogP) is 3.93. The molecule has 2 nitrogen and oxygen atoms in total. The number of hydrogen-bond donors (Lipinski definition) is 1. The van der Waals surface area contributed by atoms with Gasteiger partial charge in [0.1, 0.15) is 0 Å². The van der Waals surface area contributed by atoms with Crippen LogP contribution in [0.1, 0.15) is 20.3 Å². The van der Waals surface area contributed by atoms with Crippen molar-refractivity contribution < 1.29 is 0 Å². The fourth-order valence-corrected chi connectivity index (χ4v) is 3.44. The Morgan fingerprint density at radius 3 is 2.94 bits per heavy atom. The van der Waals surface area contributed by atoms with Crippen molar-refractivity contribution in [3.8, 4) is 0 Å². The molecule has 2 rings (SSSR count). The van der Waals surface area contributed by atoms with Gasteiger partial charge in [0.05, 0.1) is 5.69 Å². The van der Waals surface area contributed by atoms with Crippen LogP contribution >= 0.6 is 27.5 Å². The smallest absolute Gasteiger partial charge is 0.0512 e. The van der Waals surface area contributed by atoms with E-state index in [4.69, 9.17) is 11.6 Å². The van der Waals surface area contributed by atoms with Crippen LogP contribution in [0.4, 0.5) is 5.69 Å². The van der Waals surface area contributed by atoms with E-state index in [-0.39, 0.29) is 0 Å². The summed E-state index contributed by atoms with van der Waals surface area (Å²) in [6.45, 7) is 7.72. The molecule has 1 N–H and O–H groups in total. The zero-order valence-corrected chi connectivity index (χ0v) is 13.3. The standard InChI is InChI=1S/C14H20BrClN2/c1-10(2)7-12-9-18(6-5-17-12)14-4-3-11(16)8-13(14)15/h3-4,8,10,12,17H,5-7,9H2,1-2H3. The number of hydrogen-bond acceptors (Lipinski definition) is 2. The number of nitrogens with zero attached hydrogens (tertiary/aromatic N) is 1. The van der Waals surface area contributed by atoms with E-state index in [1.807, 2.05) is 12.1 Å². The number of rotatable bonds is 3. The van der Waals surface area contributed by atoms with Crippen molar-refractivity contribution in [3.05, 3.63) is 27.7 Å². The molecule has 0 amide bonds. The molecule has 100 valence electrons. The highest BCUT2D eigenvalue weighted by molar-refractivity contribution is 9.10. The van der Waals surface area contributed by atoms with E-state index < -0.39 is 0 Å². The SMILES string of the molecule is CC(C)CC1CN(c2ccc(Cl)cc2Br)CCN1. The van der Waals surface area contributed by atoms with Crippen LogP contribution in [0.3, 0.4) is 0 Å². The van der Waals surface area contributed by atoms with Gasteiger partial charge in [-0.25, -0.2) is 0 Å². The average Bonchev–Trinajstić information content (AvgIpc) is 2.28. The Balaban J connectivity index is 2.08. The zero-order chi connectivity index (χ0) is 13.1. The Morgan fingerprint density at radius 2 is 2.28 bits per heavy atom. The summed E-state index contributed by atoms with van der Waals surface area (Å²) in [5, 5.41) is 4.38. The number of anilines is 1. The van der Waals surface area contributed by atoms with E-state index in [1.54, 1.807) is 0 Å². The van der Waals surface area contributed by atoms with Crippen molar-refractivity contribution in [2.75, 3.05) is 24.5 Å². The molecule has 1 heterocycles. The highest BCUT2D eigenvalue weighted by Gasteiger charge is 2.21. The van der Waals surface area contributed by atoms with Gasteiger partial charge in [-0.3, -0.25) is 0 Å². The third-order valence-corrected chi connectivity index (χ3v) is 4.13. The van der Waals surface area contributed by atoms with Gasteiger partial charge in [0.25, 0.3) is 0 Å². The predicted molar refractivity (Wildman–Crippen MR) is 82.6 cm³/mol. The number of benzene rings is 1. The topological polar surface area (TPSA) is 15.3 Å². The van der Waals surface area contributed by atoms with E-state index in [1.165, 1.54) is 12.1 Å². The molecule has 1 saturated heterocycles. The van der Waals surface area contributed by atoms with Gasteiger partial charge in [-0.15, -0.1) is 0 Å². The van der Waals surface area contributed by atoms with Gasteiger partial charge in [-0.1, -0.05) is 25.4 Å². The monoisotopic (exact) mass is 330 g/mol. The molecule has 1 aliphatic rings. The second-order valence-corrected chi connectivity index (χ2v) is 6.61. The maximum atomic E-state index is 5.99. The highest BCUT2D eigenvalue weighted by atomic mass is 79.9. The van der Waals surface area contributed by atoms with Crippen molar-refractivity contribution >= 4 is 33.2 Å². The molecular formula is C14H20BrClN2. The first-order valence-corrected chi connectivity index (χ1v) is 7.66. The van der Waals surface area contributed by atoms with Crippen molar-refractivity contribution in [2.24, 2.45) is 5.92 Å². The number of piperazine rings is 1. The summed E-state index contributed by atoms with van der Waals surface area (Å²) in [5.74, 6) is 0.733. The Kier molecular flexibility index (Phi) is 4.93. The average molecular weight is 332 g/mol. The van der Waals surface area contributed by atoms with Crippen LogP contribution in [0.2, 0.25) is 5.02 Å². The molecule has 0 bridgehead atoms. The van der Waals surface area contributed by atoms with Gasteiger partial charge in [0.2, 0.25) is 0 Å². The van der Waals surface area contributed by atoms with Gasteiger partial charge < -0.3 is 10.2 Å². The minimum absolute atomic E-state index is 0.585. The van der Waals surface area contributed by atoms with E-state index in [2.05, 4.69) is 46.1 Å². The summed E-state index contributed by atoms with van der Waals surface area (Å²) in [5.41, 5.74) is 1.25. The second kappa shape index (κ2) is 6.27. The summed E-state index contributed by atoms with van der Waals surface area (Å²) < 4.78 is 1.08. The molecule has 1 fully saturated rings. The van der Waals surface area contributed by atoms with Gasteiger partial charge in [-0.2, -0.15) is 0 Å². The molecule has 0 spiro atoms. The van der Waals surface area contributed by atoms with E-state index in [0.29, 0.717) is 6.04 Å². The maximum absolute atomic E-state index is 5.99. The molecule has 0 radical (unpaired) electrons. The maximum Gasteiger partial charge on any atom is 0.0512 e. The van der Waals surface area contributed by atoms with Crippen LogP contribution in [-0.4, -0.2) is 25.7 Å². The molecule has 0 aliphatic carbocycles. The third-order valence-electron chi connectivity index (χ3n) is 3.26. The fourth-order valence-electron chi connectivity index (χ4n) is 2.51. The lowest BCUT2D eigenvalue weighted by Gasteiger charge is -2.36. The molecule has 1 atom stereocenters. The largest absolute Gasteiger partial charge is 0.368 e. The van der Waals surface area contributed by atoms with E-state index >= 15 is 0 Å². The lowest BCUT2D eigenvalue weighted by atomic mass is 10.0. The zero-order valence-electron chi connectivity index (χ0n) is 10.9. The fraction of sp³-hybridized carbons (Fsp3) is 0.571. The van der Waals surface area contributed by atoms with Gasteiger partial charge in [-0.05, 0) is 46.5 Å². The minimum atomic E-state index is 0.585. The quantitative estimate of drug-likeness (QED) is 0.903. The van der Waals surface area contributed by atoms with Gasteiger partial charge in [0.15, 0.2) is 0 Å². The van der Waals surface area contributed by atoms with Crippen LogP contribution in [0.15, 0.2) is 22.7 Å². The lowest BCUT2D eigenvalue weighted by molar-refractivity contribution is 0.388. The summed E-state index contributed by atoms with van der Waals surface area (Å²) in [6, 6.07) is 6.61. The van der Waals surface area contributed by atoms with Crippen LogP contribution in [0, 0.1) is 5.92 Å². The molecule has 1 unspecified atom stereocenters. The Hall–Kier alpha value is -0.250. The lowest BCUT2D eigenvalue weighted by Crippen LogP contribution is -2.51. The molecule has 4 heteroatoms. The Morgan fingerprint density at radius 1 is 1.50 bits per heavy atom. The van der Waals surface area contributed by atoms with Gasteiger partial charge >= 0.3 is 0 Å². The Bertz CT molecular complexity index is 409. The molecule has 1 aromatic rings. The van der Waals surface area contributed by atoms with Crippen LogP contribution in [0.5, 0.6) is 0 Å². The normalized spacial score (nSPS) is 20.5. The number of halogens is 2. The first kappa shape index (κ1) is 14.2. The summed E-state index contributed by atoms with van der Waals surface area (Å²) >= 11 is 9.60. The van der Waals surface area contributed by atoms with Crippen molar-refractivity contribution in [3.63, 3.8) is 0 Å². The summed E-state index contributed by atoms with van der Waals surface area (Å²) in [7, 11) is 0. The molecular weight excluding hydrogens is 312 g/mol. The van der Waals surface area contributed by atoms with Gasteiger partial charge in [0, 0.05) is 35.2 Å². The molecule has 1 aliphatic heterocycles. The minimum Gasteiger partial charge on any atom is -0.368 e. The van der Waals surface area contributed by atoms with Crippen LogP contribution in [0.25, 0.3) is 0 Å². The molecule has 0 saturated carbocycles. The van der Waals surface area contributed by atoms with E-state index in [0.717, 1.165) is 35.0 Å².